The number of hydrogen-bond acceptors (Lipinski definition) is 7. The van der Waals surface area contributed by atoms with E-state index in [0.29, 0.717) is 34.7 Å². The van der Waals surface area contributed by atoms with Crippen LogP contribution in [0.4, 0.5) is 0 Å². The van der Waals surface area contributed by atoms with Crippen LogP contribution in [0.15, 0.2) is 38.6 Å². The van der Waals surface area contributed by atoms with E-state index in [0.717, 1.165) is 5.69 Å². The molecule has 3 heterocycles. The molecular formula is C16H19N5O3S. The van der Waals surface area contributed by atoms with Crippen molar-refractivity contribution in [3.05, 3.63) is 47.5 Å². The predicted molar refractivity (Wildman–Crippen MR) is 91.0 cm³/mol. The van der Waals surface area contributed by atoms with E-state index in [9.17, 15) is 4.79 Å². The SMILES string of the molecule is CC(C)c1cc(CN(C)C(=O)c2ccc(CSc3ncn[nH]3)o2)on1. The fraction of sp³-hybridized carbons (Fsp3) is 0.375. The van der Waals surface area contributed by atoms with Gasteiger partial charge in [0.05, 0.1) is 18.0 Å². The number of nitrogens with zero attached hydrogens (tertiary/aromatic N) is 4. The number of H-pyrrole nitrogens is 1. The Hall–Kier alpha value is -2.55. The normalized spacial score (nSPS) is 11.2. The molecule has 3 aromatic rings. The Morgan fingerprint density at radius 1 is 1.36 bits per heavy atom. The summed E-state index contributed by atoms with van der Waals surface area (Å²) in [6.07, 6.45) is 1.45. The molecule has 1 N–H and O–H groups in total. The van der Waals surface area contributed by atoms with E-state index < -0.39 is 0 Å². The topological polar surface area (TPSA) is 101 Å². The molecule has 0 saturated carbocycles. The summed E-state index contributed by atoms with van der Waals surface area (Å²) in [6.45, 7) is 4.41. The van der Waals surface area contributed by atoms with Crippen molar-refractivity contribution in [2.24, 2.45) is 0 Å². The van der Waals surface area contributed by atoms with Crippen LogP contribution in [0.25, 0.3) is 0 Å². The lowest BCUT2D eigenvalue weighted by Gasteiger charge is -2.13. The first-order chi connectivity index (χ1) is 12.0. The van der Waals surface area contributed by atoms with Gasteiger partial charge in [0.15, 0.2) is 16.7 Å². The van der Waals surface area contributed by atoms with E-state index in [2.05, 4.69) is 20.3 Å². The summed E-state index contributed by atoms with van der Waals surface area (Å²) in [6, 6.07) is 5.33. The molecule has 8 nitrogen and oxygen atoms in total. The fourth-order valence-corrected chi connectivity index (χ4v) is 2.82. The summed E-state index contributed by atoms with van der Waals surface area (Å²) in [7, 11) is 1.70. The van der Waals surface area contributed by atoms with Crippen molar-refractivity contribution in [1.82, 2.24) is 25.2 Å². The zero-order valence-corrected chi connectivity index (χ0v) is 15.0. The van der Waals surface area contributed by atoms with Gasteiger partial charge >= 0.3 is 0 Å². The van der Waals surface area contributed by atoms with E-state index in [1.165, 1.54) is 23.0 Å². The lowest BCUT2D eigenvalue weighted by Crippen LogP contribution is -2.25. The van der Waals surface area contributed by atoms with E-state index in [1.54, 1.807) is 19.2 Å². The van der Waals surface area contributed by atoms with Crippen molar-refractivity contribution < 1.29 is 13.7 Å². The third-order valence-electron chi connectivity index (χ3n) is 3.52. The van der Waals surface area contributed by atoms with Crippen LogP contribution in [0.3, 0.4) is 0 Å². The highest BCUT2D eigenvalue weighted by Crippen LogP contribution is 2.21. The van der Waals surface area contributed by atoms with E-state index in [4.69, 9.17) is 8.94 Å². The Morgan fingerprint density at radius 2 is 2.20 bits per heavy atom. The Balaban J connectivity index is 1.58. The molecule has 0 radical (unpaired) electrons. The van der Waals surface area contributed by atoms with Crippen molar-refractivity contribution in [1.29, 1.82) is 0 Å². The molecule has 9 heteroatoms. The van der Waals surface area contributed by atoms with Gasteiger partial charge in [-0.1, -0.05) is 30.8 Å². The average molecular weight is 361 g/mol. The van der Waals surface area contributed by atoms with Crippen LogP contribution in [-0.2, 0) is 12.3 Å². The van der Waals surface area contributed by atoms with Crippen molar-refractivity contribution in [3.63, 3.8) is 0 Å². The summed E-state index contributed by atoms with van der Waals surface area (Å²) < 4.78 is 10.9. The van der Waals surface area contributed by atoms with Crippen LogP contribution in [0.1, 0.15) is 47.5 Å². The van der Waals surface area contributed by atoms with Crippen LogP contribution in [-0.4, -0.2) is 38.2 Å². The monoisotopic (exact) mass is 361 g/mol. The number of carbonyl (C=O) groups is 1. The van der Waals surface area contributed by atoms with Gasteiger partial charge in [-0.3, -0.25) is 9.89 Å². The van der Waals surface area contributed by atoms with Crippen LogP contribution in [0.2, 0.25) is 0 Å². The van der Waals surface area contributed by atoms with Crippen molar-refractivity contribution in [2.45, 2.75) is 37.2 Å². The zero-order valence-electron chi connectivity index (χ0n) is 14.2. The number of aromatic nitrogens is 4. The van der Waals surface area contributed by atoms with Crippen molar-refractivity contribution >= 4 is 17.7 Å². The number of thioether (sulfide) groups is 1. The first-order valence-corrected chi connectivity index (χ1v) is 8.79. The summed E-state index contributed by atoms with van der Waals surface area (Å²) in [5, 5.41) is 11.2. The van der Waals surface area contributed by atoms with Gasteiger partial charge in [0.1, 0.15) is 12.1 Å². The Kier molecular flexibility index (Phi) is 5.22. The number of rotatable bonds is 7. The standard InChI is InChI=1S/C16H19N5O3S/c1-10(2)13-6-12(24-20-13)7-21(3)15(22)14-5-4-11(23-14)8-25-16-17-9-18-19-16/h4-6,9-10H,7-8H2,1-3H3,(H,17,18,19). The maximum Gasteiger partial charge on any atom is 0.289 e. The maximum absolute atomic E-state index is 12.5. The van der Waals surface area contributed by atoms with E-state index in [-0.39, 0.29) is 11.8 Å². The third-order valence-corrected chi connectivity index (χ3v) is 4.42. The average Bonchev–Trinajstić information content (AvgIpc) is 3.33. The number of amides is 1. The van der Waals surface area contributed by atoms with Gasteiger partial charge in [-0.15, -0.1) is 0 Å². The van der Waals surface area contributed by atoms with Gasteiger partial charge < -0.3 is 13.8 Å². The second-order valence-corrected chi connectivity index (χ2v) is 6.84. The van der Waals surface area contributed by atoms with Gasteiger partial charge in [-0.05, 0) is 18.1 Å². The van der Waals surface area contributed by atoms with Gasteiger partial charge in [0.2, 0.25) is 0 Å². The second-order valence-electron chi connectivity index (χ2n) is 5.88. The Labute approximate surface area is 149 Å². The molecule has 0 unspecified atom stereocenters. The number of nitrogens with one attached hydrogen (secondary N) is 1. The summed E-state index contributed by atoms with van der Waals surface area (Å²) in [4.78, 5) is 18.0. The van der Waals surface area contributed by atoms with Gasteiger partial charge in [0.25, 0.3) is 5.91 Å². The largest absolute Gasteiger partial charge is 0.455 e. The van der Waals surface area contributed by atoms with Crippen molar-refractivity contribution in [3.8, 4) is 0 Å². The van der Waals surface area contributed by atoms with Crippen LogP contribution in [0, 0.1) is 0 Å². The lowest BCUT2D eigenvalue weighted by atomic mass is 10.1. The molecule has 0 aromatic carbocycles. The van der Waals surface area contributed by atoms with E-state index >= 15 is 0 Å². The number of hydrogen-bond donors (Lipinski definition) is 1. The first kappa shape index (κ1) is 17.3. The molecule has 132 valence electrons. The minimum absolute atomic E-state index is 0.210. The van der Waals surface area contributed by atoms with Gasteiger partial charge in [0, 0.05) is 13.1 Å². The highest BCUT2D eigenvalue weighted by Gasteiger charge is 2.18. The fourth-order valence-electron chi connectivity index (χ4n) is 2.14. The maximum atomic E-state index is 12.5. The van der Waals surface area contributed by atoms with Crippen LogP contribution in [0.5, 0.6) is 0 Å². The minimum atomic E-state index is -0.210. The molecular weight excluding hydrogens is 342 g/mol. The molecule has 3 rings (SSSR count). The summed E-state index contributed by atoms with van der Waals surface area (Å²) >= 11 is 1.45. The summed E-state index contributed by atoms with van der Waals surface area (Å²) in [5.41, 5.74) is 0.876. The molecule has 3 aromatic heterocycles. The molecule has 0 aliphatic rings. The predicted octanol–water partition coefficient (Wildman–Crippen LogP) is 3.07. The van der Waals surface area contributed by atoms with Gasteiger partial charge in [-0.25, -0.2) is 4.98 Å². The van der Waals surface area contributed by atoms with Crippen LogP contribution >= 0.6 is 11.8 Å². The lowest BCUT2D eigenvalue weighted by molar-refractivity contribution is 0.0739. The molecule has 25 heavy (non-hydrogen) atoms. The highest BCUT2D eigenvalue weighted by atomic mass is 32.2. The molecule has 0 atom stereocenters. The number of furan rings is 1. The number of carbonyl (C=O) groups excluding carboxylic acids is 1. The molecule has 0 spiro atoms. The molecule has 0 aliphatic carbocycles. The second kappa shape index (κ2) is 7.56. The summed E-state index contributed by atoms with van der Waals surface area (Å²) in [5.74, 6) is 2.27. The molecule has 0 bridgehead atoms. The Morgan fingerprint density at radius 3 is 2.88 bits per heavy atom. The molecule has 1 amide bonds. The highest BCUT2D eigenvalue weighted by molar-refractivity contribution is 7.98. The third kappa shape index (κ3) is 4.30. The van der Waals surface area contributed by atoms with Crippen molar-refractivity contribution in [2.75, 3.05) is 7.05 Å². The zero-order chi connectivity index (χ0) is 17.8. The quantitative estimate of drug-likeness (QED) is 0.645. The van der Waals surface area contributed by atoms with Crippen LogP contribution < -0.4 is 0 Å². The smallest absolute Gasteiger partial charge is 0.289 e. The molecule has 0 aliphatic heterocycles. The van der Waals surface area contributed by atoms with E-state index in [1.807, 2.05) is 19.9 Å². The molecule has 0 saturated heterocycles. The molecule has 0 fully saturated rings. The Bertz CT molecular complexity index is 825. The first-order valence-electron chi connectivity index (χ1n) is 7.80. The minimum Gasteiger partial charge on any atom is -0.455 e. The number of aromatic amines is 1. The van der Waals surface area contributed by atoms with Gasteiger partial charge in [-0.2, -0.15) is 5.10 Å².